The Labute approximate surface area is 87.9 Å². The molecular weight excluding hydrogens is 165 g/mol. The Bertz CT molecular complexity index is 135. The zero-order valence-corrected chi connectivity index (χ0v) is 9.19. The second-order valence-corrected chi connectivity index (χ2v) is 1.56. The summed E-state index contributed by atoms with van der Waals surface area (Å²) in [5.74, 6) is 0. The molecule has 0 aliphatic rings. The molecule has 0 N–H and O–H groups in total. The van der Waals surface area contributed by atoms with Gasteiger partial charge in [-0.3, -0.25) is 0 Å². The van der Waals surface area contributed by atoms with Gasteiger partial charge in [0.2, 0.25) is 0 Å². The number of rotatable bonds is 0. The third-order valence-electron chi connectivity index (χ3n) is 0. The van der Waals surface area contributed by atoms with Crippen molar-refractivity contribution in [1.82, 2.24) is 0 Å². The van der Waals surface area contributed by atoms with Crippen molar-refractivity contribution >= 4 is 0 Å². The van der Waals surface area contributed by atoms with Crippen LogP contribution in [0.25, 0.3) is 0 Å². The quantitative estimate of drug-likeness (QED) is 0.335. The van der Waals surface area contributed by atoms with E-state index in [0.29, 0.717) is 0 Å². The predicted molar refractivity (Wildman–Crippen MR) is 3.17 cm³/mol. The Morgan fingerprint density at radius 1 is 1.14 bits per heavy atom. The Kier molecular flexibility index (Phi) is 13.7. The van der Waals surface area contributed by atoms with E-state index in [1.54, 1.807) is 0 Å². The van der Waals surface area contributed by atoms with E-state index in [4.69, 9.17) is 15.7 Å². The maximum absolute atomic E-state index is 8.58. The Morgan fingerprint density at radius 3 is 1.14 bits per heavy atom. The van der Waals surface area contributed by atoms with Crippen LogP contribution in [0.2, 0.25) is 0 Å². The third kappa shape index (κ3) is 77.1. The van der Waals surface area contributed by atoms with Crippen LogP contribution in [-0.4, -0.2) is 0 Å². The third-order valence-corrected chi connectivity index (χ3v) is 0. The van der Waals surface area contributed by atoms with Crippen LogP contribution in [0.1, 0.15) is 1.43 Å². The van der Waals surface area contributed by atoms with Gasteiger partial charge in [0, 0.05) is 0 Å². The van der Waals surface area contributed by atoms with Crippen LogP contribution < -0.4 is 63.3 Å². The van der Waals surface area contributed by atoms with Crippen LogP contribution in [0.3, 0.4) is 0 Å². The van der Waals surface area contributed by atoms with E-state index in [1.807, 2.05) is 0 Å². The molecule has 0 aromatic heterocycles. The minimum absolute atomic E-state index is 0. The normalized spacial score (nSPS) is 8.14. The molecular formula is HMnNa2O4. The van der Waals surface area contributed by atoms with Crippen molar-refractivity contribution < 1.29 is 89.2 Å². The van der Waals surface area contributed by atoms with Crippen molar-refractivity contribution in [2.75, 3.05) is 0 Å². The molecule has 0 aromatic carbocycles. The molecule has 0 aliphatic carbocycles. The first-order chi connectivity index (χ1) is 2.00. The fourth-order valence-electron chi connectivity index (χ4n) is 0. The number of hydrogen-bond acceptors (Lipinski definition) is 4. The number of hydrogen-bond donors (Lipinski definition) is 0. The minimum atomic E-state index is -5.62. The second kappa shape index (κ2) is 6.01. The van der Waals surface area contributed by atoms with Crippen molar-refractivity contribution in [3.8, 4) is 0 Å². The average molecular weight is 166 g/mol. The molecule has 0 aromatic rings. The van der Waals surface area contributed by atoms with E-state index in [-0.39, 0.29) is 60.5 Å². The molecule has 0 atom stereocenters. The van der Waals surface area contributed by atoms with Crippen LogP contribution in [0.15, 0.2) is 0 Å². The molecule has 0 fully saturated rings. The van der Waals surface area contributed by atoms with E-state index in [0.717, 1.165) is 0 Å². The van der Waals surface area contributed by atoms with Gasteiger partial charge < -0.3 is 1.43 Å². The summed E-state index contributed by atoms with van der Waals surface area (Å²) in [5, 5.41) is 0. The van der Waals surface area contributed by atoms with Gasteiger partial charge in [-0.05, 0) is 0 Å². The summed E-state index contributed by atoms with van der Waals surface area (Å²) in [6.45, 7) is 0. The van der Waals surface area contributed by atoms with Gasteiger partial charge in [-0.2, -0.15) is 0 Å². The Morgan fingerprint density at radius 2 is 1.14 bits per heavy atom. The van der Waals surface area contributed by atoms with E-state index in [2.05, 4.69) is 0 Å². The maximum atomic E-state index is 8.58. The summed E-state index contributed by atoms with van der Waals surface area (Å²) in [6, 6.07) is 0. The van der Waals surface area contributed by atoms with Gasteiger partial charge in [0.05, 0.1) is 0 Å². The van der Waals surface area contributed by atoms with Crippen LogP contribution in [0.4, 0.5) is 0 Å². The zero-order chi connectivity index (χ0) is 4.50. The van der Waals surface area contributed by atoms with Gasteiger partial charge in [-0.25, -0.2) is 0 Å². The van der Waals surface area contributed by atoms with Crippen molar-refractivity contribution in [3.05, 3.63) is 0 Å². The van der Waals surface area contributed by atoms with Gasteiger partial charge >= 0.3 is 87.8 Å². The molecule has 7 heavy (non-hydrogen) atoms. The van der Waals surface area contributed by atoms with E-state index >= 15 is 0 Å². The molecule has 0 bridgehead atoms. The van der Waals surface area contributed by atoms with Crippen LogP contribution in [0, 0.1) is 0 Å². The summed E-state index contributed by atoms with van der Waals surface area (Å²) < 4.78 is 34.3. The fourth-order valence-corrected chi connectivity index (χ4v) is 0. The molecule has 0 rings (SSSR count). The van der Waals surface area contributed by atoms with Crippen molar-refractivity contribution in [2.45, 2.75) is 0 Å². The van der Waals surface area contributed by atoms with Gasteiger partial charge in [-0.1, -0.05) is 0 Å². The first kappa shape index (κ1) is 15.9. The summed E-state index contributed by atoms with van der Waals surface area (Å²) in [4.78, 5) is 0. The van der Waals surface area contributed by atoms with Gasteiger partial charge in [0.25, 0.3) is 0 Å². The Hall–Kier alpha value is 1.88. The monoisotopic (exact) mass is 166 g/mol. The first-order valence-corrected chi connectivity index (χ1v) is 2.54. The molecule has 0 radical (unpaired) electrons. The molecule has 0 aliphatic heterocycles. The first-order valence-electron chi connectivity index (χ1n) is 0.617. The Balaban J connectivity index is -0.0000000267. The van der Waals surface area contributed by atoms with Crippen LogP contribution >= 0.6 is 0 Å². The molecule has 4 nitrogen and oxygen atoms in total. The standard InChI is InChI=1S/Mn.2Na.4O.H/q;2*+1;;;;2*-1. The summed E-state index contributed by atoms with van der Waals surface area (Å²) >= 11 is -5.62. The molecule has 0 saturated carbocycles. The van der Waals surface area contributed by atoms with E-state index in [9.17, 15) is 0 Å². The van der Waals surface area contributed by atoms with Crippen molar-refractivity contribution in [1.29, 1.82) is 0 Å². The molecule has 0 saturated heterocycles. The molecule has 0 amide bonds. The fraction of sp³-hybridized carbons (Fsp3) is 0. The van der Waals surface area contributed by atoms with Crippen molar-refractivity contribution in [3.63, 3.8) is 0 Å². The van der Waals surface area contributed by atoms with E-state index < -0.39 is 13.0 Å². The molecule has 34 valence electrons. The zero-order valence-electron chi connectivity index (χ0n) is 5.01. The van der Waals surface area contributed by atoms with Gasteiger partial charge in [0.1, 0.15) is 0 Å². The molecule has 0 unspecified atom stereocenters. The topological polar surface area (TPSA) is 74.3 Å². The average Bonchev–Trinajstić information content (AvgIpc) is 0.722. The summed E-state index contributed by atoms with van der Waals surface area (Å²) in [6.07, 6.45) is 0. The second-order valence-electron chi connectivity index (χ2n) is 0.378. The molecule has 0 spiro atoms. The summed E-state index contributed by atoms with van der Waals surface area (Å²) in [5.41, 5.74) is 0. The molecule has 7 heteroatoms. The van der Waals surface area contributed by atoms with Gasteiger partial charge in [0.15, 0.2) is 0 Å². The van der Waals surface area contributed by atoms with E-state index in [1.165, 1.54) is 0 Å². The van der Waals surface area contributed by atoms with Crippen LogP contribution in [-0.2, 0) is 24.5 Å². The summed E-state index contributed by atoms with van der Waals surface area (Å²) in [7, 11) is 0. The van der Waals surface area contributed by atoms with Crippen molar-refractivity contribution in [2.24, 2.45) is 0 Å². The van der Waals surface area contributed by atoms with Crippen LogP contribution in [0.5, 0.6) is 0 Å². The molecule has 0 heterocycles. The predicted octanol–water partition coefficient (Wildman–Crippen LogP) is -7.43. The SMILES string of the molecule is [H-].[Na+].[Na+].[O]=[Mn](=[O])(=[O])[O-]. The van der Waals surface area contributed by atoms with Gasteiger partial charge in [-0.15, -0.1) is 0 Å².